The Morgan fingerprint density at radius 1 is 1.00 bits per heavy atom. The van der Waals surface area contributed by atoms with Crippen LogP contribution in [0.2, 0.25) is 0 Å². The molecule has 2 heterocycles. The fourth-order valence-corrected chi connectivity index (χ4v) is 3.02. The van der Waals surface area contributed by atoms with Gasteiger partial charge in [-0.05, 0) is 19.4 Å². The third-order valence-corrected chi connectivity index (χ3v) is 4.39. The van der Waals surface area contributed by atoms with Gasteiger partial charge in [-0.3, -0.25) is 4.90 Å². The van der Waals surface area contributed by atoms with E-state index in [0.29, 0.717) is 0 Å². The zero-order chi connectivity index (χ0) is 13.3. The Kier molecular flexibility index (Phi) is 6.85. The van der Waals surface area contributed by atoms with E-state index in [0.717, 1.165) is 30.8 Å². The van der Waals surface area contributed by atoms with E-state index in [2.05, 4.69) is 35.6 Å². The van der Waals surface area contributed by atoms with Crippen molar-refractivity contribution in [2.24, 2.45) is 0 Å². The molecule has 1 aliphatic heterocycles. The van der Waals surface area contributed by atoms with E-state index < -0.39 is 0 Å². The molecule has 0 N–H and O–H groups in total. The van der Waals surface area contributed by atoms with Crippen molar-refractivity contribution >= 4 is 15.9 Å². The van der Waals surface area contributed by atoms with Crippen molar-refractivity contribution in [3.63, 3.8) is 0 Å². The molecule has 1 aromatic heterocycles. The molecule has 0 amide bonds. The number of halogens is 1. The molecule has 0 saturated carbocycles. The molecule has 4 nitrogen and oxygen atoms in total. The molecule has 0 spiro atoms. The molecular formula is C14H25BrN4. The van der Waals surface area contributed by atoms with Gasteiger partial charge in [0.2, 0.25) is 0 Å². The number of alkyl halides is 1. The minimum atomic E-state index is 0.977. The van der Waals surface area contributed by atoms with E-state index in [1.807, 2.05) is 6.33 Å². The Hall–Kier alpha value is -0.420. The van der Waals surface area contributed by atoms with Crippen LogP contribution in [-0.4, -0.2) is 38.1 Å². The smallest absolute Gasteiger partial charge is 0.147 e. The van der Waals surface area contributed by atoms with Crippen LogP contribution in [0.5, 0.6) is 0 Å². The first kappa shape index (κ1) is 15.0. The Morgan fingerprint density at radius 3 is 2.53 bits per heavy atom. The first-order valence-corrected chi connectivity index (χ1v) is 8.67. The van der Waals surface area contributed by atoms with Crippen LogP contribution in [0.15, 0.2) is 6.33 Å². The lowest BCUT2D eigenvalue weighted by Crippen LogP contribution is -2.34. The highest BCUT2D eigenvalue weighted by Crippen LogP contribution is 2.12. The van der Waals surface area contributed by atoms with E-state index in [4.69, 9.17) is 0 Å². The van der Waals surface area contributed by atoms with Crippen molar-refractivity contribution in [1.82, 2.24) is 19.7 Å². The third-order valence-electron chi connectivity index (χ3n) is 3.83. The third kappa shape index (κ3) is 5.22. The highest BCUT2D eigenvalue weighted by Gasteiger charge is 2.16. The Labute approximate surface area is 124 Å². The maximum Gasteiger partial charge on any atom is 0.147 e. The number of hydrogen-bond donors (Lipinski definition) is 0. The number of fused-ring (bicyclic) bond motifs is 1. The van der Waals surface area contributed by atoms with E-state index in [9.17, 15) is 0 Å². The summed E-state index contributed by atoms with van der Waals surface area (Å²) in [6, 6.07) is 0. The van der Waals surface area contributed by atoms with Crippen molar-refractivity contribution in [2.45, 2.75) is 58.0 Å². The topological polar surface area (TPSA) is 34.0 Å². The average Bonchev–Trinajstić information content (AvgIpc) is 2.89. The fourth-order valence-electron chi connectivity index (χ4n) is 2.62. The highest BCUT2D eigenvalue weighted by atomic mass is 79.9. The molecule has 19 heavy (non-hydrogen) atoms. The number of hydrogen-bond acceptors (Lipinski definition) is 3. The molecule has 0 saturated heterocycles. The maximum atomic E-state index is 4.16. The summed E-state index contributed by atoms with van der Waals surface area (Å²) in [5, 5.41) is 9.29. The minimum absolute atomic E-state index is 0.977. The summed E-state index contributed by atoms with van der Waals surface area (Å²) >= 11 is 3.48. The van der Waals surface area contributed by atoms with Crippen molar-refractivity contribution in [1.29, 1.82) is 0 Å². The second-order valence-electron chi connectivity index (χ2n) is 5.38. The summed E-state index contributed by atoms with van der Waals surface area (Å²) in [5.74, 6) is 1.13. The minimum Gasteiger partial charge on any atom is -0.315 e. The van der Waals surface area contributed by atoms with E-state index in [1.54, 1.807) is 0 Å². The summed E-state index contributed by atoms with van der Waals surface area (Å²) in [4.78, 5) is 2.51. The number of aromatic nitrogens is 3. The summed E-state index contributed by atoms with van der Waals surface area (Å²) < 4.78 is 2.17. The van der Waals surface area contributed by atoms with Crippen LogP contribution in [0.3, 0.4) is 0 Å². The van der Waals surface area contributed by atoms with Gasteiger partial charge in [0, 0.05) is 18.4 Å². The summed E-state index contributed by atoms with van der Waals surface area (Å²) in [7, 11) is 0. The second kappa shape index (κ2) is 8.69. The van der Waals surface area contributed by atoms with Crippen LogP contribution in [0.25, 0.3) is 0 Å². The quantitative estimate of drug-likeness (QED) is 0.515. The lowest BCUT2D eigenvalue weighted by atomic mass is 10.1. The van der Waals surface area contributed by atoms with Gasteiger partial charge in [-0.2, -0.15) is 0 Å². The molecule has 1 aliphatic rings. The van der Waals surface area contributed by atoms with Gasteiger partial charge >= 0.3 is 0 Å². The van der Waals surface area contributed by atoms with Crippen LogP contribution in [0.4, 0.5) is 0 Å². The van der Waals surface area contributed by atoms with Gasteiger partial charge in [0.25, 0.3) is 0 Å². The van der Waals surface area contributed by atoms with Crippen LogP contribution in [-0.2, 0) is 13.1 Å². The number of unbranched alkanes of at least 4 members (excludes halogenated alkanes) is 6. The number of nitrogens with zero attached hydrogens (tertiary/aromatic N) is 4. The lowest BCUT2D eigenvalue weighted by Gasteiger charge is -2.26. The van der Waals surface area contributed by atoms with Gasteiger partial charge in [0.05, 0.1) is 6.54 Å². The molecule has 0 fully saturated rings. The second-order valence-corrected chi connectivity index (χ2v) is 6.17. The largest absolute Gasteiger partial charge is 0.315 e. The SMILES string of the molecule is BrCCCCCCCCCN1CCn2cnnc2C1. The molecule has 0 radical (unpaired) electrons. The monoisotopic (exact) mass is 328 g/mol. The zero-order valence-electron chi connectivity index (χ0n) is 11.7. The Bertz CT molecular complexity index is 353. The van der Waals surface area contributed by atoms with Crippen LogP contribution >= 0.6 is 15.9 Å². The van der Waals surface area contributed by atoms with Crippen molar-refractivity contribution in [3.05, 3.63) is 12.2 Å². The van der Waals surface area contributed by atoms with Gasteiger partial charge in [-0.25, -0.2) is 0 Å². The van der Waals surface area contributed by atoms with E-state index >= 15 is 0 Å². The van der Waals surface area contributed by atoms with E-state index in [1.165, 1.54) is 51.5 Å². The highest BCUT2D eigenvalue weighted by molar-refractivity contribution is 9.09. The van der Waals surface area contributed by atoms with Gasteiger partial charge in [0.15, 0.2) is 0 Å². The van der Waals surface area contributed by atoms with Gasteiger partial charge in [0.1, 0.15) is 12.2 Å². The molecule has 1 aromatic rings. The van der Waals surface area contributed by atoms with Crippen molar-refractivity contribution < 1.29 is 0 Å². The van der Waals surface area contributed by atoms with Gasteiger partial charge in [-0.1, -0.05) is 48.0 Å². The molecule has 0 unspecified atom stereocenters. The number of rotatable bonds is 9. The lowest BCUT2D eigenvalue weighted by molar-refractivity contribution is 0.212. The fraction of sp³-hybridized carbons (Fsp3) is 0.857. The summed E-state index contributed by atoms with van der Waals surface area (Å²) in [5.41, 5.74) is 0. The molecule has 0 bridgehead atoms. The first-order valence-electron chi connectivity index (χ1n) is 7.55. The predicted molar refractivity (Wildman–Crippen MR) is 81.4 cm³/mol. The average molecular weight is 329 g/mol. The first-order chi connectivity index (χ1) is 9.40. The Balaban J connectivity index is 1.48. The zero-order valence-corrected chi connectivity index (χ0v) is 13.3. The predicted octanol–water partition coefficient (Wildman–Crippen LogP) is 3.22. The molecule has 0 aliphatic carbocycles. The summed E-state index contributed by atoms with van der Waals surface area (Å²) in [6.45, 7) is 4.39. The standard InChI is InChI=1S/C14H25BrN4/c15-8-6-4-2-1-3-5-7-9-18-10-11-19-13-16-17-14(19)12-18/h13H,1-12H2. The molecule has 0 atom stereocenters. The summed E-state index contributed by atoms with van der Waals surface area (Å²) in [6.07, 6.45) is 11.5. The molecule has 108 valence electrons. The van der Waals surface area contributed by atoms with E-state index in [-0.39, 0.29) is 0 Å². The normalized spacial score (nSPS) is 15.6. The maximum absolute atomic E-state index is 4.16. The molecule has 0 aromatic carbocycles. The van der Waals surface area contributed by atoms with Crippen LogP contribution < -0.4 is 0 Å². The Morgan fingerprint density at radius 2 is 1.74 bits per heavy atom. The van der Waals surface area contributed by atoms with Crippen LogP contribution in [0.1, 0.15) is 50.8 Å². The molecule has 5 heteroatoms. The van der Waals surface area contributed by atoms with Gasteiger partial charge < -0.3 is 4.57 Å². The van der Waals surface area contributed by atoms with Crippen molar-refractivity contribution in [2.75, 3.05) is 18.4 Å². The molecule has 2 rings (SSSR count). The van der Waals surface area contributed by atoms with Gasteiger partial charge in [-0.15, -0.1) is 10.2 Å². The van der Waals surface area contributed by atoms with Crippen LogP contribution in [0, 0.1) is 0 Å². The van der Waals surface area contributed by atoms with Crippen molar-refractivity contribution in [3.8, 4) is 0 Å². The molecular weight excluding hydrogens is 304 g/mol.